The van der Waals surface area contributed by atoms with Crippen LogP contribution in [0.5, 0.6) is 11.5 Å². The number of carbonyl (C=O) groups excluding carboxylic acids is 2. The molecule has 2 amide bonds. The lowest BCUT2D eigenvalue weighted by atomic mass is 9.93. The van der Waals surface area contributed by atoms with Gasteiger partial charge in [0.15, 0.2) is 0 Å². The second-order valence-corrected chi connectivity index (χ2v) is 7.11. The Morgan fingerprint density at radius 2 is 1.64 bits per heavy atom. The molecule has 1 unspecified atom stereocenters. The topological polar surface area (TPSA) is 76.7 Å². The number of carbonyl (C=O) groups is 2. The number of methoxy groups -OCH3 is 2. The van der Waals surface area contributed by atoms with Gasteiger partial charge in [0, 0.05) is 7.05 Å². The Bertz CT molecular complexity index is 873. The molecular weight excluding hydrogens is 356 g/mol. The fourth-order valence-corrected chi connectivity index (χ4v) is 3.46. The van der Waals surface area contributed by atoms with Gasteiger partial charge >= 0.3 is 0 Å². The largest absolute Gasteiger partial charge is 0.497 e. The monoisotopic (exact) mass is 382 g/mol. The Kier molecular flexibility index (Phi) is 5.58. The Labute approximate surface area is 165 Å². The number of hydrogen-bond acceptors (Lipinski definition) is 4. The summed E-state index contributed by atoms with van der Waals surface area (Å²) in [5.41, 5.74) is 1.99. The lowest BCUT2D eigenvalue weighted by Crippen LogP contribution is -2.43. The van der Waals surface area contributed by atoms with Crippen molar-refractivity contribution in [3.8, 4) is 11.5 Å². The predicted octanol–water partition coefficient (Wildman–Crippen LogP) is 2.65. The molecule has 1 aliphatic carbocycles. The van der Waals surface area contributed by atoms with E-state index in [1.54, 1.807) is 27.3 Å². The van der Waals surface area contributed by atoms with Crippen LogP contribution >= 0.6 is 0 Å². The van der Waals surface area contributed by atoms with Gasteiger partial charge in [-0.2, -0.15) is 0 Å². The quantitative estimate of drug-likeness (QED) is 0.772. The third-order valence-electron chi connectivity index (χ3n) is 5.25. The van der Waals surface area contributed by atoms with Crippen molar-refractivity contribution in [2.75, 3.05) is 21.3 Å². The van der Waals surface area contributed by atoms with E-state index in [1.165, 1.54) is 0 Å². The molecule has 2 N–H and O–H groups in total. The average Bonchev–Trinajstić information content (AvgIpc) is 3.53. The van der Waals surface area contributed by atoms with Gasteiger partial charge in [-0.3, -0.25) is 9.59 Å². The van der Waals surface area contributed by atoms with E-state index in [1.807, 2.05) is 43.3 Å². The van der Waals surface area contributed by atoms with E-state index in [2.05, 4.69) is 10.6 Å². The van der Waals surface area contributed by atoms with Crippen LogP contribution in [0.25, 0.3) is 0 Å². The van der Waals surface area contributed by atoms with Gasteiger partial charge in [-0.15, -0.1) is 0 Å². The predicted molar refractivity (Wildman–Crippen MR) is 107 cm³/mol. The molecule has 0 spiro atoms. The summed E-state index contributed by atoms with van der Waals surface area (Å²) in [6.45, 7) is 1.93. The molecule has 6 heteroatoms. The molecule has 0 bridgehead atoms. The van der Waals surface area contributed by atoms with Crippen LogP contribution in [0.2, 0.25) is 0 Å². The van der Waals surface area contributed by atoms with Gasteiger partial charge in [0.2, 0.25) is 11.8 Å². The summed E-state index contributed by atoms with van der Waals surface area (Å²) >= 11 is 0. The molecular formula is C22H26N2O4. The molecule has 0 heterocycles. The van der Waals surface area contributed by atoms with E-state index < -0.39 is 11.5 Å². The number of rotatable bonds is 7. The van der Waals surface area contributed by atoms with Crippen molar-refractivity contribution in [3.63, 3.8) is 0 Å². The van der Waals surface area contributed by atoms with Gasteiger partial charge in [-0.1, -0.05) is 18.2 Å². The molecule has 28 heavy (non-hydrogen) atoms. The lowest BCUT2D eigenvalue weighted by Gasteiger charge is -2.23. The Hall–Kier alpha value is -3.02. The van der Waals surface area contributed by atoms with Gasteiger partial charge in [0.05, 0.1) is 19.6 Å². The van der Waals surface area contributed by atoms with Crippen LogP contribution in [-0.2, 0) is 15.0 Å². The summed E-state index contributed by atoms with van der Waals surface area (Å²) in [6, 6.07) is 12.3. The number of amides is 2. The first-order valence-electron chi connectivity index (χ1n) is 9.26. The summed E-state index contributed by atoms with van der Waals surface area (Å²) in [7, 11) is 4.75. The summed E-state index contributed by atoms with van der Waals surface area (Å²) in [5.74, 6) is 0.975. The molecule has 1 fully saturated rings. The molecule has 2 aromatic rings. The first-order chi connectivity index (χ1) is 13.4. The number of aryl methyl sites for hydroxylation is 1. The average molecular weight is 382 g/mol. The maximum absolute atomic E-state index is 13.2. The van der Waals surface area contributed by atoms with Crippen LogP contribution in [0.15, 0.2) is 42.5 Å². The number of ether oxygens (including phenoxy) is 2. The third-order valence-corrected chi connectivity index (χ3v) is 5.25. The highest BCUT2D eigenvalue weighted by Crippen LogP contribution is 2.49. The second kappa shape index (κ2) is 7.92. The summed E-state index contributed by atoms with van der Waals surface area (Å²) in [5, 5.41) is 5.60. The second-order valence-electron chi connectivity index (χ2n) is 7.11. The van der Waals surface area contributed by atoms with Crippen molar-refractivity contribution in [1.82, 2.24) is 10.6 Å². The Morgan fingerprint density at radius 1 is 1.00 bits per heavy atom. The molecule has 2 aromatic carbocycles. The van der Waals surface area contributed by atoms with Gasteiger partial charge in [-0.25, -0.2) is 0 Å². The fourth-order valence-electron chi connectivity index (χ4n) is 3.46. The summed E-state index contributed by atoms with van der Waals surface area (Å²) < 4.78 is 10.5. The zero-order chi connectivity index (χ0) is 20.3. The minimum atomic E-state index is -0.790. The molecule has 0 saturated heterocycles. The van der Waals surface area contributed by atoms with Crippen molar-refractivity contribution < 1.29 is 19.1 Å². The Morgan fingerprint density at radius 3 is 2.18 bits per heavy atom. The van der Waals surface area contributed by atoms with Gasteiger partial charge < -0.3 is 20.1 Å². The molecule has 0 aromatic heterocycles. The van der Waals surface area contributed by atoms with Crippen molar-refractivity contribution >= 4 is 11.8 Å². The van der Waals surface area contributed by atoms with Crippen molar-refractivity contribution in [3.05, 3.63) is 59.2 Å². The molecule has 6 nitrogen and oxygen atoms in total. The molecule has 1 saturated carbocycles. The van der Waals surface area contributed by atoms with E-state index in [0.29, 0.717) is 11.3 Å². The van der Waals surface area contributed by atoms with Gasteiger partial charge in [0.25, 0.3) is 0 Å². The zero-order valence-corrected chi connectivity index (χ0v) is 16.7. The Balaban J connectivity index is 1.88. The van der Waals surface area contributed by atoms with Crippen LogP contribution in [0, 0.1) is 6.92 Å². The SMILES string of the molecule is CNC(=O)C(NC(=O)C1(c2ccc(OC)cc2)CC1)c1cc(C)cc(OC)c1. The summed E-state index contributed by atoms with van der Waals surface area (Å²) in [6.07, 6.45) is 1.51. The highest BCUT2D eigenvalue weighted by molar-refractivity contribution is 5.95. The lowest BCUT2D eigenvalue weighted by molar-refractivity contribution is -0.130. The first kappa shape index (κ1) is 19.7. The van der Waals surface area contributed by atoms with Crippen molar-refractivity contribution in [2.45, 2.75) is 31.2 Å². The van der Waals surface area contributed by atoms with Gasteiger partial charge in [-0.05, 0) is 60.7 Å². The normalized spacial score (nSPS) is 15.3. The molecule has 3 rings (SSSR count). The van der Waals surface area contributed by atoms with E-state index in [4.69, 9.17) is 9.47 Å². The molecule has 1 atom stereocenters. The molecule has 0 radical (unpaired) electrons. The molecule has 0 aliphatic heterocycles. The van der Waals surface area contributed by atoms with Crippen LogP contribution in [0.1, 0.15) is 35.6 Å². The smallest absolute Gasteiger partial charge is 0.246 e. The first-order valence-corrected chi connectivity index (χ1v) is 9.26. The van der Waals surface area contributed by atoms with Crippen LogP contribution < -0.4 is 20.1 Å². The van der Waals surface area contributed by atoms with Crippen LogP contribution in [-0.4, -0.2) is 33.1 Å². The number of nitrogens with one attached hydrogen (secondary N) is 2. The van der Waals surface area contributed by atoms with Crippen LogP contribution in [0.3, 0.4) is 0 Å². The zero-order valence-electron chi connectivity index (χ0n) is 16.7. The number of hydrogen-bond donors (Lipinski definition) is 2. The minimum Gasteiger partial charge on any atom is -0.497 e. The standard InChI is InChI=1S/C22H26N2O4/c1-14-11-15(13-18(12-14)28-4)19(20(25)23-2)24-21(26)22(9-10-22)16-5-7-17(27-3)8-6-16/h5-8,11-13,19H,9-10H2,1-4H3,(H,23,25)(H,24,26). The van der Waals surface area contributed by atoms with E-state index in [0.717, 1.165) is 29.7 Å². The maximum Gasteiger partial charge on any atom is 0.246 e. The maximum atomic E-state index is 13.2. The van der Waals surface area contributed by atoms with Crippen molar-refractivity contribution in [2.24, 2.45) is 0 Å². The van der Waals surface area contributed by atoms with E-state index in [9.17, 15) is 9.59 Å². The molecule has 1 aliphatic rings. The highest BCUT2D eigenvalue weighted by Gasteiger charge is 2.52. The fraction of sp³-hybridized carbons (Fsp3) is 0.364. The summed E-state index contributed by atoms with van der Waals surface area (Å²) in [4.78, 5) is 25.7. The number of benzene rings is 2. The highest BCUT2D eigenvalue weighted by atomic mass is 16.5. The van der Waals surface area contributed by atoms with E-state index >= 15 is 0 Å². The third kappa shape index (κ3) is 3.81. The van der Waals surface area contributed by atoms with Gasteiger partial charge in [0.1, 0.15) is 17.5 Å². The van der Waals surface area contributed by atoms with Crippen molar-refractivity contribution in [1.29, 1.82) is 0 Å². The van der Waals surface area contributed by atoms with Crippen LogP contribution in [0.4, 0.5) is 0 Å². The number of likely N-dealkylation sites (N-methyl/N-ethyl adjacent to an activating group) is 1. The molecule has 148 valence electrons. The minimum absolute atomic E-state index is 0.147. The van der Waals surface area contributed by atoms with E-state index in [-0.39, 0.29) is 11.8 Å².